The standard InChI is InChI=1S/C28H20N8/c1-35(2)24-9-5-19(6-10-24)26(20-7-11-25(12-8-20)36(3)4)28(23(17-33)18-34)27(21(13-29)14-30)22(15-31)16-32/h5-12H,1-4H3. The van der Waals surface area contributed by atoms with E-state index in [4.69, 9.17) is 0 Å². The van der Waals surface area contributed by atoms with E-state index in [9.17, 15) is 31.7 Å². The van der Waals surface area contributed by atoms with Crippen LogP contribution < -0.4 is 4.90 Å². The van der Waals surface area contributed by atoms with E-state index in [0.717, 1.165) is 11.4 Å². The zero-order valence-electron chi connectivity index (χ0n) is 20.2. The largest absolute Gasteiger partial charge is 0.762 e. The molecule has 0 fully saturated rings. The molecule has 1 aromatic carbocycles. The van der Waals surface area contributed by atoms with E-state index in [2.05, 4.69) is 0 Å². The third-order valence-corrected chi connectivity index (χ3v) is 5.27. The molecular formula is C28H20N8. The Morgan fingerprint density at radius 2 is 1.25 bits per heavy atom. The van der Waals surface area contributed by atoms with Crippen molar-refractivity contribution in [1.29, 1.82) is 26.3 Å². The highest BCUT2D eigenvalue weighted by molar-refractivity contribution is 6.05. The van der Waals surface area contributed by atoms with Crippen LogP contribution in [0.4, 0.5) is 5.69 Å². The maximum Gasteiger partial charge on any atom is 0.199 e. The number of hydrogen-bond acceptors (Lipinski definition) is 6. The van der Waals surface area contributed by atoms with Gasteiger partial charge < -0.3 is 10.3 Å². The summed E-state index contributed by atoms with van der Waals surface area (Å²) in [5.41, 5.74) is 1.16. The van der Waals surface area contributed by atoms with E-state index >= 15 is 0 Å². The highest BCUT2D eigenvalue weighted by Crippen LogP contribution is 2.39. The second-order valence-electron chi connectivity index (χ2n) is 7.80. The fraction of sp³-hybridized carbons (Fsp3) is 0.143. The molecule has 36 heavy (non-hydrogen) atoms. The Hall–Kier alpha value is -5.71. The minimum absolute atomic E-state index is 0.133. The summed E-state index contributed by atoms with van der Waals surface area (Å²) in [6.07, 6.45) is 7.20. The summed E-state index contributed by atoms with van der Waals surface area (Å²) >= 11 is 0. The van der Waals surface area contributed by atoms with Crippen molar-refractivity contribution in [2.45, 2.75) is 0 Å². The van der Waals surface area contributed by atoms with Crippen LogP contribution in [-0.4, -0.2) is 44.3 Å². The van der Waals surface area contributed by atoms with E-state index in [1.165, 1.54) is 0 Å². The van der Waals surface area contributed by atoms with E-state index < -0.39 is 16.7 Å². The third kappa shape index (κ3) is 5.43. The third-order valence-electron chi connectivity index (χ3n) is 5.27. The minimum atomic E-state index is -0.557. The van der Waals surface area contributed by atoms with Crippen molar-refractivity contribution >= 4 is 22.8 Å². The maximum atomic E-state index is 9.86. The molecular weight excluding hydrogens is 448 g/mol. The van der Waals surface area contributed by atoms with Gasteiger partial charge in [0, 0.05) is 43.1 Å². The predicted octanol–water partition coefficient (Wildman–Crippen LogP) is 3.72. The van der Waals surface area contributed by atoms with Gasteiger partial charge in [-0.15, -0.1) is 0 Å². The van der Waals surface area contributed by atoms with Crippen molar-refractivity contribution in [3.63, 3.8) is 0 Å². The molecule has 0 aromatic heterocycles. The van der Waals surface area contributed by atoms with Gasteiger partial charge in [0.25, 0.3) is 0 Å². The first-order valence-corrected chi connectivity index (χ1v) is 10.5. The number of nitriles is 5. The van der Waals surface area contributed by atoms with Gasteiger partial charge >= 0.3 is 0 Å². The molecule has 1 aromatic rings. The van der Waals surface area contributed by atoms with Crippen molar-refractivity contribution in [3.8, 4) is 30.3 Å². The molecule has 0 saturated carbocycles. The monoisotopic (exact) mass is 468 g/mol. The number of nitrogens with zero attached hydrogens (tertiary/aromatic N) is 8. The zero-order valence-corrected chi connectivity index (χ0v) is 20.2. The molecule has 0 saturated heterocycles. The minimum Gasteiger partial charge on any atom is -0.762 e. The first-order chi connectivity index (χ1) is 17.3. The van der Waals surface area contributed by atoms with Crippen molar-refractivity contribution in [3.05, 3.63) is 93.0 Å². The van der Waals surface area contributed by atoms with Crippen LogP contribution in [0.25, 0.3) is 11.0 Å². The fourth-order valence-corrected chi connectivity index (χ4v) is 3.47. The van der Waals surface area contributed by atoms with Crippen LogP contribution in [0.5, 0.6) is 0 Å². The summed E-state index contributed by atoms with van der Waals surface area (Å²) in [6, 6.07) is 15.9. The highest BCUT2D eigenvalue weighted by Gasteiger charge is 2.27. The molecule has 0 atom stereocenters. The van der Waals surface area contributed by atoms with Crippen LogP contribution in [0.2, 0.25) is 0 Å². The van der Waals surface area contributed by atoms with Crippen LogP contribution in [0, 0.1) is 56.7 Å². The molecule has 2 rings (SSSR count). The molecule has 1 aliphatic rings. The van der Waals surface area contributed by atoms with E-state index in [0.29, 0.717) is 16.7 Å². The second kappa shape index (κ2) is 12.0. The van der Waals surface area contributed by atoms with Crippen molar-refractivity contribution in [1.82, 2.24) is 0 Å². The highest BCUT2D eigenvalue weighted by atomic mass is 15.1. The normalized spacial score (nSPS) is 10.9. The molecule has 0 unspecified atom stereocenters. The van der Waals surface area contributed by atoms with Crippen molar-refractivity contribution in [2.75, 3.05) is 33.1 Å². The smallest absolute Gasteiger partial charge is 0.199 e. The lowest BCUT2D eigenvalue weighted by Gasteiger charge is -2.20. The fourth-order valence-electron chi connectivity index (χ4n) is 3.47. The van der Waals surface area contributed by atoms with Crippen molar-refractivity contribution in [2.24, 2.45) is 0 Å². The summed E-state index contributed by atoms with van der Waals surface area (Å²) in [6.45, 7) is 0. The lowest BCUT2D eigenvalue weighted by atomic mass is 9.80. The number of anilines is 1. The van der Waals surface area contributed by atoms with E-state index in [1.54, 1.807) is 48.4 Å². The van der Waals surface area contributed by atoms with Gasteiger partial charge in [-0.1, -0.05) is 12.1 Å². The Morgan fingerprint density at radius 1 is 0.750 bits per heavy atom. The molecule has 0 bridgehead atoms. The van der Waals surface area contributed by atoms with Gasteiger partial charge in [-0.25, -0.2) is 10.4 Å². The Balaban J connectivity index is 3.19. The molecule has 0 amide bonds. The van der Waals surface area contributed by atoms with Crippen molar-refractivity contribution < 1.29 is 4.58 Å². The average molecular weight is 469 g/mol. The van der Waals surface area contributed by atoms with Crippen LogP contribution in [0.1, 0.15) is 5.56 Å². The number of hydrogen-bond donors (Lipinski definition) is 0. The first kappa shape index (κ1) is 26.5. The van der Waals surface area contributed by atoms with Gasteiger partial charge in [-0.2, -0.15) is 26.3 Å². The number of rotatable bonds is 5. The molecule has 0 aliphatic heterocycles. The van der Waals surface area contributed by atoms with E-state index in [1.807, 2.05) is 74.1 Å². The summed E-state index contributed by atoms with van der Waals surface area (Å²) < 4.78 is 1.90. The van der Waals surface area contributed by atoms with Gasteiger partial charge in [0.2, 0.25) is 0 Å². The molecule has 172 valence electrons. The van der Waals surface area contributed by atoms with Gasteiger partial charge in [-0.05, 0) is 41.0 Å². The van der Waals surface area contributed by atoms with Gasteiger partial charge in [0.05, 0.1) is 5.57 Å². The SMILES string of the molecule is CN(C)c1ccc(C(=C2C=CC(=[N+](C)C)C=C2)C(=C(C#N)C#N)C(C(=C=[N-])C#N)=C(C#N)C#N)cc1. The summed E-state index contributed by atoms with van der Waals surface area (Å²) in [4.78, 5) is 1.90. The summed E-state index contributed by atoms with van der Waals surface area (Å²) in [5.74, 6) is 1.71. The zero-order chi connectivity index (χ0) is 26.8. The Bertz CT molecular complexity index is 1490. The van der Waals surface area contributed by atoms with Crippen LogP contribution >= 0.6 is 0 Å². The molecule has 0 radical (unpaired) electrons. The Labute approximate surface area is 210 Å². The van der Waals surface area contributed by atoms with Crippen LogP contribution in [-0.2, 0) is 0 Å². The second-order valence-corrected chi connectivity index (χ2v) is 7.80. The summed E-state index contributed by atoms with van der Waals surface area (Å²) in [7, 11) is 7.51. The lowest BCUT2D eigenvalue weighted by Crippen LogP contribution is -2.11. The Kier molecular flexibility index (Phi) is 8.81. The van der Waals surface area contributed by atoms with Gasteiger partial charge in [0.15, 0.2) is 5.71 Å². The maximum absolute atomic E-state index is 9.86. The van der Waals surface area contributed by atoms with Crippen LogP contribution in [0.15, 0.2) is 82.0 Å². The quantitative estimate of drug-likeness (QED) is 0.278. The van der Waals surface area contributed by atoms with Crippen LogP contribution in [0.3, 0.4) is 0 Å². The molecule has 0 spiro atoms. The summed E-state index contributed by atoms with van der Waals surface area (Å²) in [5, 5.41) is 58.3. The number of benzene rings is 1. The predicted molar refractivity (Wildman–Crippen MR) is 137 cm³/mol. The molecule has 8 heteroatoms. The molecule has 8 nitrogen and oxygen atoms in total. The molecule has 1 aliphatic carbocycles. The topological polar surface area (TPSA) is 147 Å². The van der Waals surface area contributed by atoms with E-state index in [-0.39, 0.29) is 11.1 Å². The van der Waals surface area contributed by atoms with Gasteiger partial charge in [0.1, 0.15) is 55.6 Å². The molecule has 0 N–H and O–H groups in total. The average Bonchev–Trinajstić information content (AvgIpc) is 2.89. The Morgan fingerprint density at radius 3 is 1.64 bits per heavy atom. The number of allylic oxidation sites excluding steroid dienone is 11. The lowest BCUT2D eigenvalue weighted by molar-refractivity contribution is -0.462. The first-order valence-electron chi connectivity index (χ1n) is 10.5. The van der Waals surface area contributed by atoms with Gasteiger partial charge in [-0.3, -0.25) is 0 Å². The molecule has 0 heterocycles.